The Bertz CT molecular complexity index is 356. The van der Waals surface area contributed by atoms with Crippen LogP contribution in [0.15, 0.2) is 5.38 Å². The van der Waals surface area contributed by atoms with Crippen molar-refractivity contribution in [3.8, 4) is 0 Å². The molecule has 0 bridgehead atoms. The Balaban J connectivity index is 2.06. The minimum atomic E-state index is 0.396. The van der Waals surface area contributed by atoms with Crippen LogP contribution < -0.4 is 5.32 Å². The summed E-state index contributed by atoms with van der Waals surface area (Å²) in [6.07, 6.45) is 3.76. The highest BCUT2D eigenvalue weighted by atomic mass is 32.2. The molecule has 0 aromatic carbocycles. The normalized spacial score (nSPS) is 26.3. The van der Waals surface area contributed by atoms with E-state index in [1.807, 2.05) is 0 Å². The van der Waals surface area contributed by atoms with E-state index in [9.17, 15) is 0 Å². The molecular formula is C13H22N2S2. The van der Waals surface area contributed by atoms with Crippen LogP contribution in [0.3, 0.4) is 0 Å². The molecule has 1 aromatic heterocycles. The molecule has 2 unspecified atom stereocenters. The number of likely N-dealkylation sites (N-methyl/N-ethyl adjacent to an activating group) is 1. The quantitative estimate of drug-likeness (QED) is 0.889. The Morgan fingerprint density at radius 2 is 2.41 bits per heavy atom. The Morgan fingerprint density at radius 3 is 2.94 bits per heavy atom. The third-order valence-electron chi connectivity index (χ3n) is 3.52. The molecule has 1 saturated heterocycles. The van der Waals surface area contributed by atoms with Crippen molar-refractivity contribution in [3.05, 3.63) is 16.1 Å². The van der Waals surface area contributed by atoms with Gasteiger partial charge < -0.3 is 5.32 Å². The van der Waals surface area contributed by atoms with E-state index in [0.29, 0.717) is 10.8 Å². The van der Waals surface area contributed by atoms with Crippen LogP contribution in [0.1, 0.15) is 37.4 Å². The monoisotopic (exact) mass is 270 g/mol. The lowest BCUT2D eigenvalue weighted by Gasteiger charge is -2.33. The van der Waals surface area contributed by atoms with Gasteiger partial charge in [0.05, 0.1) is 10.7 Å². The van der Waals surface area contributed by atoms with Gasteiger partial charge in [0.15, 0.2) is 0 Å². The van der Waals surface area contributed by atoms with Gasteiger partial charge in [-0.3, -0.25) is 0 Å². The van der Waals surface area contributed by atoms with Crippen LogP contribution in [-0.4, -0.2) is 28.1 Å². The number of aromatic nitrogens is 1. The summed E-state index contributed by atoms with van der Waals surface area (Å²) >= 11 is 3.89. The summed E-state index contributed by atoms with van der Waals surface area (Å²) in [4.78, 5) is 4.60. The van der Waals surface area contributed by atoms with Crippen LogP contribution in [0.5, 0.6) is 0 Å². The van der Waals surface area contributed by atoms with Gasteiger partial charge in [0, 0.05) is 22.6 Å². The van der Waals surface area contributed by atoms with Crippen molar-refractivity contribution in [1.29, 1.82) is 0 Å². The molecule has 2 rings (SSSR count). The van der Waals surface area contributed by atoms with E-state index in [1.54, 1.807) is 11.3 Å². The standard InChI is InChI=1S/C13H22N2S2/c1-4-14-12(13(3)6-5-7-17-13)8-11-9-16-10(2)15-11/h9,12,14H,4-8H2,1-3H3. The van der Waals surface area contributed by atoms with Crippen LogP contribution in [0.25, 0.3) is 0 Å². The molecule has 4 heteroatoms. The maximum atomic E-state index is 4.60. The molecule has 0 amide bonds. The summed E-state index contributed by atoms with van der Waals surface area (Å²) < 4.78 is 0.396. The first-order valence-electron chi connectivity index (χ1n) is 6.42. The first-order chi connectivity index (χ1) is 8.14. The molecule has 0 aliphatic carbocycles. The molecule has 0 spiro atoms. The van der Waals surface area contributed by atoms with Gasteiger partial charge in [-0.05, 0) is 39.0 Å². The minimum absolute atomic E-state index is 0.396. The molecule has 1 aliphatic rings. The van der Waals surface area contributed by atoms with Gasteiger partial charge in [-0.25, -0.2) is 4.98 Å². The van der Waals surface area contributed by atoms with Crippen molar-refractivity contribution in [2.24, 2.45) is 0 Å². The summed E-state index contributed by atoms with van der Waals surface area (Å²) in [6.45, 7) is 7.74. The lowest BCUT2D eigenvalue weighted by Crippen LogP contribution is -2.46. The van der Waals surface area contributed by atoms with Crippen LogP contribution in [0, 0.1) is 6.92 Å². The average Bonchev–Trinajstić information content (AvgIpc) is 2.88. The zero-order chi connectivity index (χ0) is 12.3. The van der Waals surface area contributed by atoms with Crippen molar-refractivity contribution in [2.45, 2.75) is 50.8 Å². The van der Waals surface area contributed by atoms with E-state index >= 15 is 0 Å². The molecule has 1 aromatic rings. The largest absolute Gasteiger partial charge is 0.312 e. The number of nitrogens with zero attached hydrogens (tertiary/aromatic N) is 1. The van der Waals surface area contributed by atoms with E-state index in [4.69, 9.17) is 0 Å². The minimum Gasteiger partial charge on any atom is -0.312 e. The van der Waals surface area contributed by atoms with Crippen LogP contribution >= 0.6 is 23.1 Å². The predicted octanol–water partition coefficient (Wildman–Crippen LogP) is 3.26. The summed E-state index contributed by atoms with van der Waals surface area (Å²) in [5.74, 6) is 1.31. The molecule has 2 nitrogen and oxygen atoms in total. The highest BCUT2D eigenvalue weighted by molar-refractivity contribution is 8.00. The fraction of sp³-hybridized carbons (Fsp3) is 0.769. The van der Waals surface area contributed by atoms with Gasteiger partial charge in [0.1, 0.15) is 0 Å². The van der Waals surface area contributed by atoms with Gasteiger partial charge in [-0.2, -0.15) is 11.8 Å². The molecular weight excluding hydrogens is 248 g/mol. The number of hydrogen-bond acceptors (Lipinski definition) is 4. The molecule has 1 fully saturated rings. The van der Waals surface area contributed by atoms with Crippen molar-refractivity contribution in [2.75, 3.05) is 12.3 Å². The molecule has 2 atom stereocenters. The fourth-order valence-electron chi connectivity index (χ4n) is 2.54. The van der Waals surface area contributed by atoms with E-state index < -0.39 is 0 Å². The van der Waals surface area contributed by atoms with Crippen LogP contribution in [0.4, 0.5) is 0 Å². The molecule has 0 radical (unpaired) electrons. The Hall–Kier alpha value is -0.0600. The van der Waals surface area contributed by atoms with E-state index in [2.05, 4.69) is 48.2 Å². The molecule has 1 N–H and O–H groups in total. The maximum absolute atomic E-state index is 4.60. The fourth-order valence-corrected chi connectivity index (χ4v) is 4.57. The summed E-state index contributed by atoms with van der Waals surface area (Å²) in [5.41, 5.74) is 1.26. The van der Waals surface area contributed by atoms with Gasteiger partial charge in [0.2, 0.25) is 0 Å². The van der Waals surface area contributed by atoms with Crippen LogP contribution in [0.2, 0.25) is 0 Å². The van der Waals surface area contributed by atoms with Gasteiger partial charge >= 0.3 is 0 Å². The molecule has 0 saturated carbocycles. The van der Waals surface area contributed by atoms with Crippen molar-refractivity contribution < 1.29 is 0 Å². The smallest absolute Gasteiger partial charge is 0.0897 e. The lowest BCUT2D eigenvalue weighted by molar-refractivity contribution is 0.404. The number of thiazole rings is 1. The summed E-state index contributed by atoms with van der Waals surface area (Å²) in [5, 5.41) is 7.06. The topological polar surface area (TPSA) is 24.9 Å². The first kappa shape index (κ1) is 13.4. The number of rotatable bonds is 5. The summed E-state index contributed by atoms with van der Waals surface area (Å²) in [7, 11) is 0. The number of nitrogens with one attached hydrogen (secondary N) is 1. The van der Waals surface area contributed by atoms with Gasteiger partial charge in [-0.1, -0.05) is 6.92 Å². The predicted molar refractivity (Wildman–Crippen MR) is 78.1 cm³/mol. The van der Waals surface area contributed by atoms with E-state index in [1.165, 1.54) is 29.3 Å². The third kappa shape index (κ3) is 3.24. The Labute approximate surface area is 113 Å². The SMILES string of the molecule is CCNC(Cc1csc(C)n1)C1(C)CCCS1. The Morgan fingerprint density at radius 1 is 1.59 bits per heavy atom. The lowest BCUT2D eigenvalue weighted by atomic mass is 9.92. The Kier molecular flexibility index (Phi) is 4.50. The zero-order valence-electron chi connectivity index (χ0n) is 11.0. The molecule has 1 aliphatic heterocycles. The number of aryl methyl sites for hydroxylation is 1. The number of hydrogen-bond donors (Lipinski definition) is 1. The third-order valence-corrected chi connectivity index (χ3v) is 5.98. The second-order valence-electron chi connectivity index (χ2n) is 4.94. The number of thioether (sulfide) groups is 1. The van der Waals surface area contributed by atoms with E-state index in [0.717, 1.165) is 13.0 Å². The van der Waals surface area contributed by atoms with E-state index in [-0.39, 0.29) is 0 Å². The zero-order valence-corrected chi connectivity index (χ0v) is 12.6. The average molecular weight is 270 g/mol. The highest BCUT2D eigenvalue weighted by Crippen LogP contribution is 2.41. The van der Waals surface area contributed by atoms with Crippen molar-refractivity contribution in [1.82, 2.24) is 10.3 Å². The molecule has 2 heterocycles. The van der Waals surface area contributed by atoms with Gasteiger partial charge in [-0.15, -0.1) is 11.3 Å². The van der Waals surface area contributed by atoms with Crippen molar-refractivity contribution >= 4 is 23.1 Å². The van der Waals surface area contributed by atoms with Crippen LogP contribution in [-0.2, 0) is 6.42 Å². The summed E-state index contributed by atoms with van der Waals surface area (Å²) in [6, 6.07) is 0.557. The van der Waals surface area contributed by atoms with Crippen molar-refractivity contribution in [3.63, 3.8) is 0 Å². The molecule has 96 valence electrons. The second-order valence-corrected chi connectivity index (χ2v) is 7.63. The maximum Gasteiger partial charge on any atom is 0.0897 e. The first-order valence-corrected chi connectivity index (χ1v) is 8.29. The van der Waals surface area contributed by atoms with Gasteiger partial charge in [0.25, 0.3) is 0 Å². The molecule has 17 heavy (non-hydrogen) atoms. The second kappa shape index (κ2) is 5.72. The highest BCUT2D eigenvalue weighted by Gasteiger charge is 2.37.